The molecule has 0 radical (unpaired) electrons. The molecular weight excluding hydrogens is 458 g/mol. The molecular formula is C32H35N3O2. The average molecular weight is 494 g/mol. The topological polar surface area (TPSA) is 52.7 Å². The fraction of sp³-hybridized carbons (Fsp3) is 0.281. The highest BCUT2D eigenvalue weighted by Gasteiger charge is 2.19. The number of phenols is 1. The summed E-state index contributed by atoms with van der Waals surface area (Å²) in [5, 5.41) is 10.7. The Morgan fingerprint density at radius 1 is 0.838 bits per heavy atom. The lowest BCUT2D eigenvalue weighted by atomic mass is 9.91. The summed E-state index contributed by atoms with van der Waals surface area (Å²) < 4.78 is 5.68. The Morgan fingerprint density at radius 2 is 1.57 bits per heavy atom. The van der Waals surface area contributed by atoms with E-state index < -0.39 is 0 Å². The van der Waals surface area contributed by atoms with Gasteiger partial charge in [0.15, 0.2) is 0 Å². The van der Waals surface area contributed by atoms with E-state index in [1.165, 1.54) is 16.7 Å². The van der Waals surface area contributed by atoms with Gasteiger partial charge in [-0.2, -0.15) is 0 Å². The van der Waals surface area contributed by atoms with E-state index in [9.17, 15) is 5.11 Å². The third-order valence-electron chi connectivity index (χ3n) is 6.95. The quantitative estimate of drug-likeness (QED) is 0.272. The molecule has 1 aliphatic rings. The van der Waals surface area contributed by atoms with E-state index in [1.54, 1.807) is 12.3 Å². The standard InChI is InChI=1S/C32H35N3O2/c1-22(2)26-16-27(23(3)4)18-28(17-26)25-10-11-31(36)30(19-25)35-15-14-34(21-35)13-12-29-20-37-32(33-29)24-8-6-5-7-9-24/h5-11,14-20,22-23,36H,12-13,21H2,1-4H3. The van der Waals surface area contributed by atoms with Gasteiger partial charge in [0.1, 0.15) is 12.0 Å². The number of nitrogens with zero attached hydrogens (tertiary/aromatic N) is 3. The van der Waals surface area contributed by atoms with Crippen LogP contribution in [0.4, 0.5) is 5.69 Å². The van der Waals surface area contributed by atoms with Crippen molar-refractivity contribution in [2.75, 3.05) is 18.1 Å². The minimum atomic E-state index is 0.281. The Morgan fingerprint density at radius 3 is 2.27 bits per heavy atom. The van der Waals surface area contributed by atoms with E-state index in [-0.39, 0.29) is 5.75 Å². The molecule has 5 rings (SSSR count). The summed E-state index contributed by atoms with van der Waals surface area (Å²) in [5.74, 6) is 1.84. The normalized spacial score (nSPS) is 13.4. The van der Waals surface area contributed by atoms with Crippen LogP contribution in [0.15, 0.2) is 89.8 Å². The first-order chi connectivity index (χ1) is 17.9. The van der Waals surface area contributed by atoms with E-state index in [0.717, 1.165) is 35.5 Å². The van der Waals surface area contributed by atoms with Crippen LogP contribution in [0.3, 0.4) is 0 Å². The number of rotatable bonds is 8. The van der Waals surface area contributed by atoms with Crippen LogP contribution in [0.25, 0.3) is 22.6 Å². The number of phenolic OH excluding ortho intramolecular Hbond substituents is 1. The molecule has 0 unspecified atom stereocenters. The maximum atomic E-state index is 10.7. The predicted molar refractivity (Wildman–Crippen MR) is 151 cm³/mol. The summed E-state index contributed by atoms with van der Waals surface area (Å²) in [5.41, 5.74) is 7.71. The van der Waals surface area contributed by atoms with Gasteiger partial charge in [-0.05, 0) is 58.4 Å². The van der Waals surface area contributed by atoms with Gasteiger partial charge in [0.05, 0.1) is 18.1 Å². The second-order valence-electron chi connectivity index (χ2n) is 10.4. The van der Waals surface area contributed by atoms with Gasteiger partial charge >= 0.3 is 0 Å². The molecule has 0 spiro atoms. The maximum Gasteiger partial charge on any atom is 0.226 e. The second-order valence-corrected chi connectivity index (χ2v) is 10.4. The minimum Gasteiger partial charge on any atom is -0.506 e. The Hall–Kier alpha value is -3.99. The van der Waals surface area contributed by atoms with Crippen LogP contribution in [0.5, 0.6) is 5.75 Å². The van der Waals surface area contributed by atoms with Crippen LogP contribution in [-0.2, 0) is 6.42 Å². The van der Waals surface area contributed by atoms with Crippen LogP contribution >= 0.6 is 0 Å². The fourth-order valence-corrected chi connectivity index (χ4v) is 4.60. The van der Waals surface area contributed by atoms with Crippen molar-refractivity contribution in [3.05, 3.63) is 102 Å². The van der Waals surface area contributed by atoms with Crippen molar-refractivity contribution in [1.29, 1.82) is 0 Å². The molecule has 5 heteroatoms. The zero-order chi connectivity index (χ0) is 25.9. The number of oxazole rings is 1. The lowest BCUT2D eigenvalue weighted by Crippen LogP contribution is -2.26. The number of hydrogen-bond donors (Lipinski definition) is 1. The van der Waals surface area contributed by atoms with Crippen molar-refractivity contribution in [3.8, 4) is 28.3 Å². The van der Waals surface area contributed by atoms with Gasteiger partial charge in [-0.1, -0.05) is 70.2 Å². The van der Waals surface area contributed by atoms with Gasteiger partial charge in [0, 0.05) is 30.9 Å². The van der Waals surface area contributed by atoms with E-state index in [1.807, 2.05) is 42.6 Å². The van der Waals surface area contributed by atoms with E-state index in [2.05, 4.69) is 72.9 Å². The van der Waals surface area contributed by atoms with Gasteiger partial charge in [0.25, 0.3) is 0 Å². The van der Waals surface area contributed by atoms with Gasteiger partial charge in [0.2, 0.25) is 5.89 Å². The first-order valence-electron chi connectivity index (χ1n) is 13.0. The summed E-state index contributed by atoms with van der Waals surface area (Å²) >= 11 is 0. The largest absolute Gasteiger partial charge is 0.506 e. The predicted octanol–water partition coefficient (Wildman–Crippen LogP) is 7.75. The Bertz CT molecular complexity index is 1360. The number of aromatic hydroxyl groups is 1. The third-order valence-corrected chi connectivity index (χ3v) is 6.95. The Kier molecular flexibility index (Phi) is 7.04. The highest BCUT2D eigenvalue weighted by Crippen LogP contribution is 2.36. The van der Waals surface area contributed by atoms with Crippen molar-refractivity contribution >= 4 is 5.69 Å². The zero-order valence-electron chi connectivity index (χ0n) is 22.1. The van der Waals surface area contributed by atoms with Crippen molar-refractivity contribution in [3.63, 3.8) is 0 Å². The van der Waals surface area contributed by atoms with Gasteiger partial charge < -0.3 is 19.3 Å². The average Bonchev–Trinajstić information content (AvgIpc) is 3.58. The number of aromatic nitrogens is 1. The monoisotopic (exact) mass is 493 g/mol. The van der Waals surface area contributed by atoms with Gasteiger partial charge in [-0.15, -0.1) is 0 Å². The van der Waals surface area contributed by atoms with Gasteiger partial charge in [-0.3, -0.25) is 0 Å². The first-order valence-corrected chi connectivity index (χ1v) is 13.0. The summed E-state index contributed by atoms with van der Waals surface area (Å²) in [6, 6.07) is 22.7. The minimum absolute atomic E-state index is 0.281. The van der Waals surface area contributed by atoms with Crippen molar-refractivity contribution in [2.45, 2.75) is 46.0 Å². The molecule has 0 fully saturated rings. The molecule has 190 valence electrons. The lowest BCUT2D eigenvalue weighted by molar-refractivity contribution is 0.406. The SMILES string of the molecule is CC(C)c1cc(-c2ccc(O)c(N3C=CN(CCc4coc(-c5ccccc5)n4)C3)c2)cc(C(C)C)c1. The smallest absolute Gasteiger partial charge is 0.226 e. The van der Waals surface area contributed by atoms with Crippen LogP contribution in [0, 0.1) is 0 Å². The molecule has 0 atom stereocenters. The number of hydrogen-bond acceptors (Lipinski definition) is 5. The molecule has 0 saturated carbocycles. The zero-order valence-corrected chi connectivity index (χ0v) is 22.1. The molecule has 0 bridgehead atoms. The number of benzene rings is 3. The van der Waals surface area contributed by atoms with E-state index in [0.29, 0.717) is 24.4 Å². The molecule has 1 aliphatic heterocycles. The van der Waals surface area contributed by atoms with Crippen molar-refractivity contribution in [2.24, 2.45) is 0 Å². The molecule has 0 saturated heterocycles. The van der Waals surface area contributed by atoms with Gasteiger partial charge in [-0.25, -0.2) is 4.98 Å². The molecule has 5 nitrogen and oxygen atoms in total. The molecule has 0 amide bonds. The molecule has 1 aromatic heterocycles. The van der Waals surface area contributed by atoms with Crippen LogP contribution < -0.4 is 4.90 Å². The molecule has 2 heterocycles. The molecule has 3 aromatic carbocycles. The lowest BCUT2D eigenvalue weighted by Gasteiger charge is -2.22. The van der Waals surface area contributed by atoms with E-state index >= 15 is 0 Å². The van der Waals surface area contributed by atoms with Crippen LogP contribution in [0.2, 0.25) is 0 Å². The van der Waals surface area contributed by atoms with Crippen molar-refractivity contribution in [1.82, 2.24) is 9.88 Å². The second kappa shape index (κ2) is 10.6. The molecule has 1 N–H and O–H groups in total. The summed E-state index contributed by atoms with van der Waals surface area (Å²) in [6.45, 7) is 10.4. The summed E-state index contributed by atoms with van der Waals surface area (Å²) in [7, 11) is 0. The molecule has 0 aliphatic carbocycles. The van der Waals surface area contributed by atoms with Crippen LogP contribution in [0.1, 0.15) is 56.4 Å². The van der Waals surface area contributed by atoms with Crippen LogP contribution in [-0.4, -0.2) is 28.2 Å². The first kappa shape index (κ1) is 24.7. The summed E-state index contributed by atoms with van der Waals surface area (Å²) in [4.78, 5) is 8.96. The highest BCUT2D eigenvalue weighted by molar-refractivity contribution is 5.74. The highest BCUT2D eigenvalue weighted by atomic mass is 16.3. The third kappa shape index (κ3) is 5.56. The van der Waals surface area contributed by atoms with E-state index in [4.69, 9.17) is 4.42 Å². The number of anilines is 1. The molecule has 4 aromatic rings. The maximum absolute atomic E-state index is 10.7. The Balaban J connectivity index is 1.28. The fourth-order valence-electron chi connectivity index (χ4n) is 4.60. The van der Waals surface area contributed by atoms with Crippen molar-refractivity contribution < 1.29 is 9.52 Å². The molecule has 37 heavy (non-hydrogen) atoms. The summed E-state index contributed by atoms with van der Waals surface area (Å²) in [6.07, 6.45) is 6.62. The Labute approximate surface area is 219 Å².